The van der Waals surface area contributed by atoms with E-state index < -0.39 is 20.3 Å². The predicted molar refractivity (Wildman–Crippen MR) is 144 cm³/mol. The summed E-state index contributed by atoms with van der Waals surface area (Å²) >= 11 is 0.984. The molecule has 1 heterocycles. The lowest BCUT2D eigenvalue weighted by Crippen LogP contribution is -2.29. The van der Waals surface area contributed by atoms with Crippen molar-refractivity contribution >= 4 is 41.9 Å². The molecule has 0 saturated heterocycles. The Morgan fingerprint density at radius 3 is 1.89 bits per heavy atom. The molecule has 0 unspecified atom stereocenters. The van der Waals surface area contributed by atoms with Gasteiger partial charge < -0.3 is 0 Å². The molecule has 0 radical (unpaired) electrons. The molecule has 1 aromatic heterocycles. The van der Waals surface area contributed by atoms with Crippen LogP contribution in [-0.4, -0.2) is 31.1 Å². The molecule has 200 valence electrons. The second-order valence-corrected chi connectivity index (χ2v) is 13.3. The first kappa shape index (κ1) is 29.8. The molecule has 0 fully saturated rings. The SMILES string of the molecule is CCCCCCCCCCCCCCCCS(=O)(=O)NN=c1sc2cccc(C)c2n1S(=O)(=O)O. The fourth-order valence-corrected chi connectivity index (χ4v) is 7.21. The van der Waals surface area contributed by atoms with Crippen LogP contribution in [0.2, 0.25) is 0 Å². The number of thiazole rings is 1. The molecule has 0 aliphatic carbocycles. The zero-order valence-corrected chi connectivity index (χ0v) is 23.5. The second kappa shape index (κ2) is 15.0. The average Bonchev–Trinajstić information content (AvgIpc) is 3.19. The number of aryl methyl sites for hydroxylation is 1. The standard InChI is InChI=1S/C24H41N3O5S3/c1-3-4-5-6-7-8-9-10-11-12-13-14-15-16-20-34(28,29)26-25-24-27(35(30,31)32)23-21(2)18-17-19-22(23)33-24/h17-19,26H,3-16,20H2,1-2H3,(H,30,31,32). The van der Waals surface area contributed by atoms with Gasteiger partial charge in [0.05, 0.1) is 16.0 Å². The van der Waals surface area contributed by atoms with Gasteiger partial charge in [0.2, 0.25) is 14.8 Å². The Kier molecular flexibility index (Phi) is 12.7. The molecule has 0 saturated carbocycles. The van der Waals surface area contributed by atoms with Gasteiger partial charge in [0.15, 0.2) is 0 Å². The normalized spacial score (nSPS) is 13.1. The average molecular weight is 548 g/mol. The van der Waals surface area contributed by atoms with Crippen LogP contribution in [0, 0.1) is 6.92 Å². The summed E-state index contributed by atoms with van der Waals surface area (Å²) in [6.07, 6.45) is 16.6. The fraction of sp³-hybridized carbons (Fsp3) is 0.708. The molecular weight excluding hydrogens is 506 g/mol. The van der Waals surface area contributed by atoms with Crippen molar-refractivity contribution in [2.75, 3.05) is 5.75 Å². The minimum atomic E-state index is -4.65. The molecule has 2 aromatic rings. The molecule has 35 heavy (non-hydrogen) atoms. The van der Waals surface area contributed by atoms with Crippen molar-refractivity contribution in [2.24, 2.45) is 5.10 Å². The number of hydrogen-bond acceptors (Lipinski definition) is 6. The Morgan fingerprint density at radius 2 is 1.37 bits per heavy atom. The van der Waals surface area contributed by atoms with Gasteiger partial charge in [0, 0.05) is 0 Å². The number of rotatable bonds is 18. The third-order valence-corrected chi connectivity index (χ3v) is 9.19. The van der Waals surface area contributed by atoms with Crippen LogP contribution in [0.3, 0.4) is 0 Å². The largest absolute Gasteiger partial charge is 0.366 e. The molecular formula is C24H41N3O5S3. The first-order chi connectivity index (χ1) is 16.7. The molecule has 0 aliphatic heterocycles. The molecule has 0 amide bonds. The van der Waals surface area contributed by atoms with Gasteiger partial charge in [0.25, 0.3) is 0 Å². The summed E-state index contributed by atoms with van der Waals surface area (Å²) in [5.74, 6) is -0.0790. The Bertz CT molecular complexity index is 1180. The van der Waals surface area contributed by atoms with Gasteiger partial charge in [-0.05, 0) is 25.0 Å². The highest BCUT2D eigenvalue weighted by atomic mass is 32.2. The van der Waals surface area contributed by atoms with Gasteiger partial charge in [-0.2, -0.15) is 12.4 Å². The molecule has 0 aliphatic rings. The quantitative estimate of drug-likeness (QED) is 0.137. The van der Waals surface area contributed by atoms with E-state index in [0.29, 0.717) is 20.7 Å². The zero-order valence-electron chi connectivity index (χ0n) is 21.0. The van der Waals surface area contributed by atoms with E-state index in [1.54, 1.807) is 25.1 Å². The number of sulfonamides is 1. The molecule has 2 rings (SSSR count). The molecule has 0 atom stereocenters. The number of hydrogen-bond donors (Lipinski definition) is 2. The highest BCUT2D eigenvalue weighted by Crippen LogP contribution is 2.22. The Hall–Kier alpha value is -1.43. The van der Waals surface area contributed by atoms with Crippen molar-refractivity contribution in [3.63, 3.8) is 0 Å². The predicted octanol–water partition coefficient (Wildman–Crippen LogP) is 5.88. The van der Waals surface area contributed by atoms with Gasteiger partial charge in [-0.15, -0.1) is 5.10 Å². The molecule has 11 heteroatoms. The van der Waals surface area contributed by atoms with Crippen molar-refractivity contribution in [3.8, 4) is 0 Å². The van der Waals surface area contributed by atoms with Crippen molar-refractivity contribution in [1.82, 2.24) is 8.80 Å². The van der Waals surface area contributed by atoms with Crippen LogP contribution in [0.1, 0.15) is 102 Å². The number of fused-ring (bicyclic) bond motifs is 1. The van der Waals surface area contributed by atoms with Gasteiger partial charge in [-0.3, -0.25) is 4.55 Å². The number of unbranched alkanes of at least 4 members (excludes halogenated alkanes) is 13. The number of nitrogens with one attached hydrogen (secondary N) is 1. The van der Waals surface area contributed by atoms with Gasteiger partial charge in [-0.1, -0.05) is 114 Å². The summed E-state index contributed by atoms with van der Waals surface area (Å²) in [4.78, 5) is 1.97. The molecule has 8 nitrogen and oxygen atoms in total. The number of nitrogens with zero attached hydrogens (tertiary/aromatic N) is 2. The van der Waals surface area contributed by atoms with E-state index in [0.717, 1.165) is 30.6 Å². The van der Waals surface area contributed by atoms with Crippen molar-refractivity contribution in [1.29, 1.82) is 0 Å². The fourth-order valence-electron chi connectivity index (χ4n) is 4.13. The molecule has 0 spiro atoms. The van der Waals surface area contributed by atoms with Crippen LogP contribution in [0.15, 0.2) is 23.3 Å². The third-order valence-electron chi connectivity index (χ3n) is 6.06. The molecule has 1 aromatic carbocycles. The zero-order chi connectivity index (χ0) is 25.7. The van der Waals surface area contributed by atoms with Crippen LogP contribution >= 0.6 is 11.3 Å². The Balaban J connectivity index is 1.71. The highest BCUT2D eigenvalue weighted by molar-refractivity contribution is 7.89. The first-order valence-electron chi connectivity index (χ1n) is 12.8. The maximum absolute atomic E-state index is 12.3. The molecule has 2 N–H and O–H groups in total. The summed E-state index contributed by atoms with van der Waals surface area (Å²) in [7, 11) is -8.36. The van der Waals surface area contributed by atoms with E-state index in [2.05, 4.69) is 16.9 Å². The summed E-state index contributed by atoms with van der Waals surface area (Å²) in [6, 6.07) is 5.16. The van der Waals surface area contributed by atoms with Crippen molar-refractivity contribution < 1.29 is 21.4 Å². The van der Waals surface area contributed by atoms with Crippen LogP contribution in [-0.2, 0) is 20.3 Å². The van der Waals surface area contributed by atoms with E-state index in [-0.39, 0.29) is 16.1 Å². The second-order valence-electron chi connectivity index (χ2n) is 9.17. The van der Waals surface area contributed by atoms with Crippen LogP contribution in [0.4, 0.5) is 0 Å². The maximum atomic E-state index is 12.3. The van der Waals surface area contributed by atoms with Gasteiger partial charge in [-0.25, -0.2) is 13.2 Å². The van der Waals surface area contributed by atoms with Crippen LogP contribution in [0.25, 0.3) is 10.2 Å². The minimum Gasteiger partial charge on any atom is -0.269 e. The summed E-state index contributed by atoms with van der Waals surface area (Å²) in [6.45, 7) is 3.95. The lowest BCUT2D eigenvalue weighted by Gasteiger charge is -2.05. The molecule has 0 bridgehead atoms. The summed E-state index contributed by atoms with van der Waals surface area (Å²) in [5.41, 5.74) is 0.910. The Morgan fingerprint density at radius 1 is 0.857 bits per heavy atom. The van der Waals surface area contributed by atoms with Gasteiger partial charge >= 0.3 is 10.3 Å². The number of benzene rings is 1. The van der Waals surface area contributed by atoms with E-state index in [9.17, 15) is 21.4 Å². The maximum Gasteiger partial charge on any atom is 0.366 e. The van der Waals surface area contributed by atoms with E-state index >= 15 is 0 Å². The Labute approximate surface area is 214 Å². The first-order valence-corrected chi connectivity index (χ1v) is 16.6. The monoisotopic (exact) mass is 547 g/mol. The lowest BCUT2D eigenvalue weighted by molar-refractivity contribution is 0.472. The summed E-state index contributed by atoms with van der Waals surface area (Å²) in [5, 5.41) is 3.81. The van der Waals surface area contributed by atoms with Crippen LogP contribution < -0.4 is 9.63 Å². The number of para-hydroxylation sites is 1. The van der Waals surface area contributed by atoms with Crippen molar-refractivity contribution in [3.05, 3.63) is 28.6 Å². The summed E-state index contributed by atoms with van der Waals surface area (Å²) < 4.78 is 59.4. The highest BCUT2D eigenvalue weighted by Gasteiger charge is 2.18. The topological polar surface area (TPSA) is 118 Å². The van der Waals surface area contributed by atoms with E-state index in [4.69, 9.17) is 0 Å². The van der Waals surface area contributed by atoms with E-state index in [1.807, 2.05) is 0 Å². The lowest BCUT2D eigenvalue weighted by atomic mass is 10.0. The minimum absolute atomic E-state index is 0.0790. The van der Waals surface area contributed by atoms with Crippen molar-refractivity contribution in [2.45, 2.75) is 104 Å². The van der Waals surface area contributed by atoms with Gasteiger partial charge in [0.1, 0.15) is 0 Å². The van der Waals surface area contributed by atoms with Crippen LogP contribution in [0.5, 0.6) is 0 Å². The number of aromatic nitrogens is 1. The van der Waals surface area contributed by atoms with E-state index in [1.165, 1.54) is 64.2 Å². The smallest absolute Gasteiger partial charge is 0.269 e. The third kappa shape index (κ3) is 10.6.